The van der Waals surface area contributed by atoms with Crippen molar-refractivity contribution in [3.63, 3.8) is 0 Å². The summed E-state index contributed by atoms with van der Waals surface area (Å²) in [6, 6.07) is 0. The van der Waals surface area contributed by atoms with Crippen molar-refractivity contribution in [3.05, 3.63) is 11.3 Å². The van der Waals surface area contributed by atoms with Crippen LogP contribution in [0.1, 0.15) is 90.4 Å². The number of hydrogen-bond donors (Lipinski definition) is 2. The van der Waals surface area contributed by atoms with Gasteiger partial charge in [0.1, 0.15) is 0 Å². The Morgan fingerprint density at radius 1 is 1.04 bits per heavy atom. The van der Waals surface area contributed by atoms with E-state index in [1.165, 1.54) is 93.2 Å². The van der Waals surface area contributed by atoms with Crippen molar-refractivity contribution >= 4 is 28.2 Å². The van der Waals surface area contributed by atoms with Gasteiger partial charge < -0.3 is 5.32 Å². The third-order valence-corrected chi connectivity index (χ3v) is 8.49. The van der Waals surface area contributed by atoms with Gasteiger partial charge in [-0.2, -0.15) is 0 Å². The molecule has 25 heavy (non-hydrogen) atoms. The molecule has 2 N–H and O–H groups in total. The van der Waals surface area contributed by atoms with Crippen LogP contribution in [-0.4, -0.2) is 21.2 Å². The summed E-state index contributed by atoms with van der Waals surface area (Å²) in [5.41, 5.74) is 3.57. The Hall–Kier alpha value is -0.0600. The van der Waals surface area contributed by atoms with Gasteiger partial charge in [0.25, 0.3) is 0 Å². The first-order valence-corrected chi connectivity index (χ1v) is 12.1. The summed E-state index contributed by atoms with van der Waals surface area (Å²) in [4.78, 5) is 0. The van der Waals surface area contributed by atoms with E-state index in [4.69, 9.17) is 12.2 Å². The van der Waals surface area contributed by atoms with Crippen molar-refractivity contribution in [2.75, 3.05) is 5.75 Å². The average molecular weight is 379 g/mol. The van der Waals surface area contributed by atoms with Gasteiger partial charge in [-0.05, 0) is 69.1 Å². The van der Waals surface area contributed by atoms with Crippen molar-refractivity contribution in [1.82, 2.24) is 10.6 Å². The summed E-state index contributed by atoms with van der Waals surface area (Å²) >= 11 is 7.74. The van der Waals surface area contributed by atoms with Crippen LogP contribution < -0.4 is 10.6 Å². The molecule has 0 unspecified atom stereocenters. The van der Waals surface area contributed by atoms with E-state index in [0.29, 0.717) is 11.5 Å². The van der Waals surface area contributed by atoms with Crippen LogP contribution in [0, 0.1) is 5.92 Å². The van der Waals surface area contributed by atoms with E-state index in [2.05, 4.69) is 17.6 Å². The maximum Gasteiger partial charge on any atom is 0.0883 e. The molecule has 0 amide bonds. The molecule has 3 aliphatic carbocycles. The Morgan fingerprint density at radius 2 is 1.72 bits per heavy atom. The zero-order valence-corrected chi connectivity index (χ0v) is 17.4. The van der Waals surface area contributed by atoms with Crippen LogP contribution in [0.15, 0.2) is 11.3 Å². The summed E-state index contributed by atoms with van der Waals surface area (Å²) in [5.74, 6) is 1.76. The maximum atomic E-state index is 5.87. The molecule has 3 fully saturated rings. The molecular formula is C21H34N2S2. The van der Waals surface area contributed by atoms with Crippen molar-refractivity contribution < 1.29 is 0 Å². The lowest BCUT2D eigenvalue weighted by molar-refractivity contribution is 0.0246. The van der Waals surface area contributed by atoms with Gasteiger partial charge in [0, 0.05) is 17.2 Å². The second kappa shape index (κ2) is 7.52. The maximum absolute atomic E-state index is 5.87. The zero-order chi connectivity index (χ0) is 17.3. The SMILES string of the molecule is CCSC(=S)C1=C2NC3(CCCCC3)NC3(CCCCC3)[C@@H]2CCC1. The Morgan fingerprint density at radius 3 is 2.40 bits per heavy atom. The molecular weight excluding hydrogens is 344 g/mol. The second-order valence-corrected chi connectivity index (χ2v) is 10.6. The molecule has 0 bridgehead atoms. The van der Waals surface area contributed by atoms with Crippen molar-refractivity contribution in [1.29, 1.82) is 0 Å². The molecule has 0 aromatic rings. The largest absolute Gasteiger partial charge is 0.370 e. The van der Waals surface area contributed by atoms with Gasteiger partial charge >= 0.3 is 0 Å². The molecule has 1 atom stereocenters. The van der Waals surface area contributed by atoms with Crippen LogP contribution in [0.5, 0.6) is 0 Å². The number of thioether (sulfide) groups is 1. The zero-order valence-electron chi connectivity index (χ0n) is 15.8. The van der Waals surface area contributed by atoms with Crippen LogP contribution >= 0.6 is 24.0 Å². The molecule has 2 nitrogen and oxygen atoms in total. The fourth-order valence-electron chi connectivity index (χ4n) is 6.03. The molecule has 0 radical (unpaired) electrons. The highest BCUT2D eigenvalue weighted by Gasteiger charge is 2.53. The Kier molecular flexibility index (Phi) is 5.51. The van der Waals surface area contributed by atoms with Crippen molar-refractivity contribution in [2.24, 2.45) is 5.92 Å². The lowest BCUT2D eigenvalue weighted by atomic mass is 9.64. The van der Waals surface area contributed by atoms with E-state index in [1.807, 2.05) is 11.8 Å². The third kappa shape index (κ3) is 3.43. The Balaban J connectivity index is 1.74. The van der Waals surface area contributed by atoms with Crippen LogP contribution in [0.3, 0.4) is 0 Å². The monoisotopic (exact) mass is 378 g/mol. The lowest BCUT2D eigenvalue weighted by Gasteiger charge is -2.59. The first-order chi connectivity index (χ1) is 12.2. The number of nitrogens with one attached hydrogen (secondary N) is 2. The number of rotatable bonds is 2. The van der Waals surface area contributed by atoms with Crippen molar-refractivity contribution in [2.45, 2.75) is 102 Å². The lowest BCUT2D eigenvalue weighted by Crippen LogP contribution is -2.73. The summed E-state index contributed by atoms with van der Waals surface area (Å²) in [7, 11) is 0. The van der Waals surface area contributed by atoms with Gasteiger partial charge in [-0.25, -0.2) is 0 Å². The predicted octanol–water partition coefficient (Wildman–Crippen LogP) is 5.68. The molecule has 0 aromatic carbocycles. The van der Waals surface area contributed by atoms with E-state index in [0.717, 1.165) is 5.75 Å². The van der Waals surface area contributed by atoms with Crippen LogP contribution in [0.25, 0.3) is 0 Å². The van der Waals surface area contributed by atoms with Crippen LogP contribution in [0.2, 0.25) is 0 Å². The molecule has 1 aliphatic heterocycles. The standard InChI is InChI=1S/C21H34N2S2/c1-2-25-19(24)16-10-9-11-17-18(16)22-21(14-7-4-8-15-21)23-20(17)12-5-3-6-13-20/h17,22-23H,2-15H2,1H3/t17-/m1/s1. The van der Waals surface area contributed by atoms with Crippen LogP contribution in [-0.2, 0) is 0 Å². The summed E-state index contributed by atoms with van der Waals surface area (Å²) in [6.07, 6.45) is 17.5. The highest BCUT2D eigenvalue weighted by atomic mass is 32.2. The normalized spacial score (nSPS) is 30.8. The number of hydrogen-bond acceptors (Lipinski definition) is 4. The van der Waals surface area contributed by atoms with E-state index in [9.17, 15) is 0 Å². The second-order valence-electron chi connectivity index (χ2n) is 8.67. The molecule has 4 rings (SSSR count). The highest BCUT2D eigenvalue weighted by molar-refractivity contribution is 8.23. The minimum absolute atomic E-state index is 0.149. The van der Waals surface area contributed by atoms with Gasteiger partial charge in [0.2, 0.25) is 0 Å². The fourth-order valence-corrected chi connectivity index (χ4v) is 7.25. The Labute approximate surface area is 163 Å². The van der Waals surface area contributed by atoms with Crippen molar-refractivity contribution in [3.8, 4) is 0 Å². The first kappa shape index (κ1) is 18.3. The molecule has 1 saturated heterocycles. The van der Waals surface area contributed by atoms with E-state index >= 15 is 0 Å². The van der Waals surface area contributed by atoms with Gasteiger partial charge in [-0.1, -0.05) is 44.8 Å². The molecule has 1 heterocycles. The van der Waals surface area contributed by atoms with Gasteiger partial charge in [0.15, 0.2) is 0 Å². The predicted molar refractivity (Wildman–Crippen MR) is 113 cm³/mol. The quantitative estimate of drug-likeness (QED) is 0.604. The number of thiocarbonyl (C=S) groups is 1. The molecule has 2 saturated carbocycles. The molecule has 140 valence electrons. The topological polar surface area (TPSA) is 24.1 Å². The minimum atomic E-state index is 0.149. The minimum Gasteiger partial charge on any atom is -0.370 e. The average Bonchev–Trinajstić information content (AvgIpc) is 2.63. The molecule has 0 aromatic heterocycles. The number of fused-ring (bicyclic) bond motifs is 2. The summed E-state index contributed by atoms with van der Waals surface area (Å²) < 4.78 is 1.17. The highest BCUT2D eigenvalue weighted by Crippen LogP contribution is 2.49. The van der Waals surface area contributed by atoms with Gasteiger partial charge in [-0.15, -0.1) is 11.8 Å². The molecule has 2 spiro atoms. The first-order valence-electron chi connectivity index (χ1n) is 10.7. The molecule has 4 aliphatic rings. The van der Waals surface area contributed by atoms with E-state index in [-0.39, 0.29) is 5.66 Å². The van der Waals surface area contributed by atoms with Gasteiger partial charge in [-0.3, -0.25) is 5.32 Å². The third-order valence-electron chi connectivity index (χ3n) is 7.10. The van der Waals surface area contributed by atoms with Gasteiger partial charge in [0.05, 0.1) is 9.86 Å². The smallest absolute Gasteiger partial charge is 0.0883 e. The molecule has 4 heteroatoms. The van der Waals surface area contributed by atoms with Crippen LogP contribution in [0.4, 0.5) is 0 Å². The van der Waals surface area contributed by atoms with E-state index in [1.54, 1.807) is 5.70 Å². The summed E-state index contributed by atoms with van der Waals surface area (Å²) in [5, 5.41) is 8.38. The van der Waals surface area contributed by atoms with E-state index < -0.39 is 0 Å². The fraction of sp³-hybridized carbons (Fsp3) is 0.857. The summed E-state index contributed by atoms with van der Waals surface area (Å²) in [6.45, 7) is 2.23. The Bertz CT molecular complexity index is 542.